The summed E-state index contributed by atoms with van der Waals surface area (Å²) in [6.45, 7) is 0.327. The predicted octanol–water partition coefficient (Wildman–Crippen LogP) is 4.59. The van der Waals surface area contributed by atoms with Crippen LogP contribution < -0.4 is 10.9 Å². The van der Waals surface area contributed by atoms with Crippen LogP contribution in [0.3, 0.4) is 0 Å². The number of nitrogens with one attached hydrogen (secondary N) is 1. The van der Waals surface area contributed by atoms with Crippen molar-refractivity contribution >= 4 is 23.2 Å². The van der Waals surface area contributed by atoms with Crippen LogP contribution in [0.1, 0.15) is 15.9 Å². The minimum absolute atomic E-state index is 0.168. The zero-order valence-corrected chi connectivity index (χ0v) is 16.2. The van der Waals surface area contributed by atoms with Crippen molar-refractivity contribution in [3.05, 3.63) is 118 Å². The fourth-order valence-electron chi connectivity index (χ4n) is 3.03. The maximum atomic E-state index is 12.6. The summed E-state index contributed by atoms with van der Waals surface area (Å²) in [7, 11) is 0. The Hall–Kier alpha value is -3.57. The third-order valence-corrected chi connectivity index (χ3v) is 4.94. The highest BCUT2D eigenvalue weighted by atomic mass is 35.5. The second kappa shape index (κ2) is 8.20. The molecule has 2 heterocycles. The lowest BCUT2D eigenvalue weighted by molar-refractivity contribution is 0.102. The number of hydrogen-bond acceptors (Lipinski definition) is 2. The molecule has 0 unspecified atom stereocenters. The molecular weight excluding hydrogens is 386 g/mol. The van der Waals surface area contributed by atoms with Crippen LogP contribution in [0.2, 0.25) is 5.02 Å². The molecule has 0 saturated heterocycles. The molecule has 5 nitrogen and oxygen atoms in total. The molecule has 4 aromatic rings. The number of benzene rings is 2. The second-order valence-corrected chi connectivity index (χ2v) is 6.97. The lowest BCUT2D eigenvalue weighted by Gasteiger charge is -2.11. The normalized spacial score (nSPS) is 10.7. The van der Waals surface area contributed by atoms with E-state index < -0.39 is 0 Å². The number of nitrogens with zero attached hydrogens (tertiary/aromatic N) is 2. The summed E-state index contributed by atoms with van der Waals surface area (Å²) in [6.07, 6.45) is 5.51. The van der Waals surface area contributed by atoms with Gasteiger partial charge in [0.25, 0.3) is 11.5 Å². The van der Waals surface area contributed by atoms with Gasteiger partial charge in [-0.05, 0) is 54.1 Å². The molecule has 144 valence electrons. The van der Waals surface area contributed by atoms with Crippen LogP contribution in [0.4, 0.5) is 5.69 Å². The zero-order valence-electron chi connectivity index (χ0n) is 15.5. The molecule has 1 N–H and O–H groups in total. The summed E-state index contributed by atoms with van der Waals surface area (Å²) in [5, 5.41) is 3.44. The van der Waals surface area contributed by atoms with E-state index in [0.29, 0.717) is 22.8 Å². The van der Waals surface area contributed by atoms with Crippen LogP contribution in [-0.2, 0) is 6.54 Å². The molecule has 0 fully saturated rings. The van der Waals surface area contributed by atoms with Gasteiger partial charge < -0.3 is 14.5 Å². The zero-order chi connectivity index (χ0) is 20.2. The van der Waals surface area contributed by atoms with Gasteiger partial charge in [0.2, 0.25) is 0 Å². The Morgan fingerprint density at radius 3 is 2.34 bits per heavy atom. The van der Waals surface area contributed by atoms with Crippen LogP contribution in [-0.4, -0.2) is 15.0 Å². The summed E-state index contributed by atoms with van der Waals surface area (Å²) >= 11 is 6.19. The molecule has 0 radical (unpaired) electrons. The molecule has 0 spiro atoms. The lowest BCUT2D eigenvalue weighted by atomic mass is 10.2. The van der Waals surface area contributed by atoms with E-state index in [1.165, 1.54) is 10.6 Å². The third kappa shape index (κ3) is 4.31. The van der Waals surface area contributed by atoms with Crippen LogP contribution >= 0.6 is 11.6 Å². The van der Waals surface area contributed by atoms with Crippen molar-refractivity contribution in [2.45, 2.75) is 6.54 Å². The number of hydrogen-bond donors (Lipinski definition) is 1. The summed E-state index contributed by atoms with van der Waals surface area (Å²) < 4.78 is 3.48. The SMILES string of the molecule is O=C(Nc1ccc(=O)n(Cc2ccccc2Cl)c1)c1ccc(-n2cccc2)cc1. The molecule has 1 amide bonds. The molecule has 0 atom stereocenters. The standard InChI is InChI=1S/C23H18ClN3O2/c24-21-6-2-1-5-18(21)15-27-16-19(9-12-22(27)28)25-23(29)17-7-10-20(11-8-17)26-13-3-4-14-26/h1-14,16H,15H2,(H,25,29). The Morgan fingerprint density at radius 1 is 0.897 bits per heavy atom. The molecule has 0 aliphatic rings. The number of halogens is 1. The maximum Gasteiger partial charge on any atom is 0.255 e. The third-order valence-electron chi connectivity index (χ3n) is 4.57. The summed E-state index contributed by atoms with van der Waals surface area (Å²) in [5.41, 5.74) is 2.71. The lowest BCUT2D eigenvalue weighted by Crippen LogP contribution is -2.21. The van der Waals surface area contributed by atoms with Crippen LogP contribution in [0.25, 0.3) is 5.69 Å². The quantitative estimate of drug-likeness (QED) is 0.529. The van der Waals surface area contributed by atoms with E-state index in [1.54, 1.807) is 30.5 Å². The van der Waals surface area contributed by atoms with Crippen molar-refractivity contribution in [2.24, 2.45) is 0 Å². The molecular formula is C23H18ClN3O2. The van der Waals surface area contributed by atoms with Gasteiger partial charge in [-0.25, -0.2) is 0 Å². The van der Waals surface area contributed by atoms with Gasteiger partial charge in [0.1, 0.15) is 0 Å². The van der Waals surface area contributed by atoms with E-state index >= 15 is 0 Å². The largest absolute Gasteiger partial charge is 0.324 e. The molecule has 0 saturated carbocycles. The van der Waals surface area contributed by atoms with Crippen LogP contribution in [0.15, 0.2) is 96.2 Å². The smallest absolute Gasteiger partial charge is 0.255 e. The first-order valence-electron chi connectivity index (χ1n) is 9.09. The highest BCUT2D eigenvalue weighted by molar-refractivity contribution is 6.31. The van der Waals surface area contributed by atoms with Crippen molar-refractivity contribution in [1.29, 1.82) is 0 Å². The Labute approximate surface area is 172 Å². The van der Waals surface area contributed by atoms with Gasteiger partial charge in [-0.2, -0.15) is 0 Å². The Kier molecular flexibility index (Phi) is 5.31. The number of aromatic nitrogens is 2. The summed E-state index contributed by atoms with van der Waals surface area (Å²) in [4.78, 5) is 24.8. The molecule has 0 aliphatic heterocycles. The summed E-state index contributed by atoms with van der Waals surface area (Å²) in [5.74, 6) is -0.244. The minimum atomic E-state index is -0.244. The van der Waals surface area contributed by atoms with Gasteiger partial charge in [0.05, 0.1) is 12.2 Å². The van der Waals surface area contributed by atoms with E-state index in [-0.39, 0.29) is 11.5 Å². The number of carbonyl (C=O) groups excluding carboxylic acids is 1. The number of anilines is 1. The fourth-order valence-corrected chi connectivity index (χ4v) is 3.23. The maximum absolute atomic E-state index is 12.6. The monoisotopic (exact) mass is 403 g/mol. The first kappa shape index (κ1) is 18.8. The first-order valence-corrected chi connectivity index (χ1v) is 9.46. The van der Waals surface area contributed by atoms with Crippen molar-refractivity contribution < 1.29 is 4.79 Å². The number of pyridine rings is 1. The Morgan fingerprint density at radius 2 is 1.62 bits per heavy atom. The second-order valence-electron chi connectivity index (χ2n) is 6.57. The average molecular weight is 404 g/mol. The molecule has 4 rings (SSSR count). The highest BCUT2D eigenvalue weighted by Crippen LogP contribution is 2.17. The number of amides is 1. The predicted molar refractivity (Wildman–Crippen MR) is 115 cm³/mol. The molecule has 2 aromatic heterocycles. The number of rotatable bonds is 5. The molecule has 29 heavy (non-hydrogen) atoms. The molecule has 6 heteroatoms. The molecule has 2 aromatic carbocycles. The topological polar surface area (TPSA) is 56.0 Å². The van der Waals surface area contributed by atoms with Crippen molar-refractivity contribution in [1.82, 2.24) is 9.13 Å². The van der Waals surface area contributed by atoms with Crippen LogP contribution in [0, 0.1) is 0 Å². The Balaban J connectivity index is 1.51. The van der Waals surface area contributed by atoms with Crippen molar-refractivity contribution in [3.8, 4) is 5.69 Å². The van der Waals surface area contributed by atoms with Gasteiger partial charge in [-0.1, -0.05) is 29.8 Å². The van der Waals surface area contributed by atoms with E-state index in [0.717, 1.165) is 11.3 Å². The van der Waals surface area contributed by atoms with Crippen molar-refractivity contribution in [2.75, 3.05) is 5.32 Å². The molecule has 0 bridgehead atoms. The van der Waals surface area contributed by atoms with Gasteiger partial charge >= 0.3 is 0 Å². The van der Waals surface area contributed by atoms with Gasteiger partial charge in [0.15, 0.2) is 0 Å². The Bertz CT molecular complexity index is 1200. The first-order chi connectivity index (χ1) is 14.1. The highest BCUT2D eigenvalue weighted by Gasteiger charge is 2.09. The van der Waals surface area contributed by atoms with E-state index in [9.17, 15) is 9.59 Å². The minimum Gasteiger partial charge on any atom is -0.324 e. The van der Waals surface area contributed by atoms with Gasteiger partial charge in [-0.3, -0.25) is 9.59 Å². The summed E-state index contributed by atoms with van der Waals surface area (Å²) in [6, 6.07) is 21.6. The van der Waals surface area contributed by atoms with Gasteiger partial charge in [0, 0.05) is 40.9 Å². The van der Waals surface area contributed by atoms with E-state index in [2.05, 4.69) is 5.32 Å². The van der Waals surface area contributed by atoms with E-state index in [4.69, 9.17) is 11.6 Å². The number of carbonyl (C=O) groups is 1. The van der Waals surface area contributed by atoms with Gasteiger partial charge in [-0.15, -0.1) is 0 Å². The fraction of sp³-hybridized carbons (Fsp3) is 0.0435. The molecule has 0 aliphatic carbocycles. The van der Waals surface area contributed by atoms with Crippen LogP contribution in [0.5, 0.6) is 0 Å². The van der Waals surface area contributed by atoms with Crippen molar-refractivity contribution in [3.63, 3.8) is 0 Å². The average Bonchev–Trinajstić information content (AvgIpc) is 3.27. The van der Waals surface area contributed by atoms with E-state index in [1.807, 2.05) is 59.4 Å².